The summed E-state index contributed by atoms with van der Waals surface area (Å²) in [5.74, 6) is -2.37. The molecule has 0 saturated carbocycles. The average molecular weight is 399 g/mol. The Bertz CT molecular complexity index is 951. The van der Waals surface area contributed by atoms with Crippen LogP contribution in [0.1, 0.15) is 44.2 Å². The second-order valence-electron chi connectivity index (χ2n) is 7.34. The molecule has 1 atom stereocenters. The second-order valence-corrected chi connectivity index (χ2v) is 7.34. The minimum absolute atomic E-state index is 0.0536. The molecule has 1 unspecified atom stereocenters. The minimum atomic E-state index is -0.723. The van der Waals surface area contributed by atoms with Crippen LogP contribution in [0.2, 0.25) is 0 Å². The van der Waals surface area contributed by atoms with Gasteiger partial charge in [-0.05, 0) is 50.1 Å². The van der Waals surface area contributed by atoms with Crippen molar-refractivity contribution in [2.75, 3.05) is 0 Å². The number of carbonyl (C=O) groups is 2. The molecule has 3 rings (SSSR count). The van der Waals surface area contributed by atoms with Crippen LogP contribution in [-0.2, 0) is 20.9 Å². The lowest BCUT2D eigenvalue weighted by Crippen LogP contribution is -2.38. The number of benzene rings is 2. The number of halogens is 2. The summed E-state index contributed by atoms with van der Waals surface area (Å²) in [4.78, 5) is 27.3. The average Bonchev–Trinajstić information content (AvgIpc) is 2.66. The number of carbonyl (C=O) groups excluding carboxylic acids is 2. The van der Waals surface area contributed by atoms with Crippen molar-refractivity contribution in [3.8, 4) is 0 Å². The number of allylic oxidation sites excluding steroid dienone is 1. The summed E-state index contributed by atoms with van der Waals surface area (Å²) < 4.78 is 33.1. The van der Waals surface area contributed by atoms with Gasteiger partial charge in [0.2, 0.25) is 5.91 Å². The molecule has 2 aromatic carbocycles. The van der Waals surface area contributed by atoms with E-state index < -0.39 is 17.7 Å². The Hall–Kier alpha value is -3.02. The summed E-state index contributed by atoms with van der Waals surface area (Å²) >= 11 is 0. The van der Waals surface area contributed by atoms with Gasteiger partial charge in [0.15, 0.2) is 0 Å². The number of hydrogen-bond acceptors (Lipinski definition) is 3. The van der Waals surface area contributed by atoms with Crippen LogP contribution in [0.25, 0.3) is 0 Å². The Kier molecular flexibility index (Phi) is 6.11. The van der Waals surface area contributed by atoms with E-state index in [0.29, 0.717) is 5.70 Å². The first kappa shape index (κ1) is 20.7. The lowest BCUT2D eigenvalue weighted by atomic mass is 9.83. The largest absolute Gasteiger partial charge is 0.460 e. The number of hydrogen-bond donors (Lipinski definition) is 0. The van der Waals surface area contributed by atoms with Crippen molar-refractivity contribution in [1.29, 1.82) is 0 Å². The van der Waals surface area contributed by atoms with Gasteiger partial charge in [-0.15, -0.1) is 0 Å². The summed E-state index contributed by atoms with van der Waals surface area (Å²) in [5.41, 5.74) is 1.70. The van der Waals surface area contributed by atoms with Crippen LogP contribution in [-0.4, -0.2) is 22.9 Å². The molecule has 0 radical (unpaired) electrons. The molecule has 4 nitrogen and oxygen atoms in total. The summed E-state index contributed by atoms with van der Waals surface area (Å²) in [7, 11) is 0. The van der Waals surface area contributed by atoms with Crippen LogP contribution in [0.15, 0.2) is 59.8 Å². The highest BCUT2D eigenvalue weighted by atomic mass is 19.1. The standard InChI is InChI=1S/C23H23F2NO3/c1-14(2)29-23(28)22-15(3)26(13-16-8-10-17(24)11-9-16)21(27)12-19(22)18-6-4-5-7-20(18)25/h4-11,14,19H,12-13H2,1-3H3. The van der Waals surface area contributed by atoms with Crippen LogP contribution >= 0.6 is 0 Å². The lowest BCUT2D eigenvalue weighted by Gasteiger charge is -2.35. The molecule has 1 heterocycles. The monoisotopic (exact) mass is 399 g/mol. The molecule has 0 fully saturated rings. The molecule has 1 amide bonds. The summed E-state index contributed by atoms with van der Waals surface area (Å²) in [6, 6.07) is 11.9. The maximum Gasteiger partial charge on any atom is 0.336 e. The topological polar surface area (TPSA) is 46.6 Å². The van der Waals surface area contributed by atoms with Gasteiger partial charge in [0.05, 0.1) is 18.2 Å². The normalized spacial score (nSPS) is 17.1. The molecule has 0 aliphatic carbocycles. The van der Waals surface area contributed by atoms with E-state index in [1.807, 2.05) is 0 Å². The van der Waals surface area contributed by atoms with E-state index in [-0.39, 0.29) is 41.9 Å². The maximum atomic E-state index is 14.5. The lowest BCUT2D eigenvalue weighted by molar-refractivity contribution is -0.143. The predicted octanol–water partition coefficient (Wildman–Crippen LogP) is 4.71. The number of esters is 1. The molecule has 0 aromatic heterocycles. The van der Waals surface area contributed by atoms with Crippen LogP contribution in [0.3, 0.4) is 0 Å². The van der Waals surface area contributed by atoms with Crippen molar-refractivity contribution >= 4 is 11.9 Å². The smallest absolute Gasteiger partial charge is 0.336 e. The Morgan fingerprint density at radius 1 is 1.14 bits per heavy atom. The summed E-state index contributed by atoms with van der Waals surface area (Å²) in [6.07, 6.45) is -0.408. The van der Waals surface area contributed by atoms with Gasteiger partial charge in [0.1, 0.15) is 11.6 Å². The van der Waals surface area contributed by atoms with Gasteiger partial charge in [-0.25, -0.2) is 13.6 Å². The third kappa shape index (κ3) is 4.53. The van der Waals surface area contributed by atoms with Gasteiger partial charge in [-0.2, -0.15) is 0 Å². The fourth-order valence-electron chi connectivity index (χ4n) is 3.54. The SMILES string of the molecule is CC1=C(C(=O)OC(C)C)C(c2ccccc2F)CC(=O)N1Cc1ccc(F)cc1. The van der Waals surface area contributed by atoms with Crippen LogP contribution in [0.5, 0.6) is 0 Å². The number of ether oxygens (including phenoxy) is 1. The Morgan fingerprint density at radius 3 is 2.41 bits per heavy atom. The van der Waals surface area contributed by atoms with Crippen molar-refractivity contribution in [3.05, 3.63) is 82.6 Å². The molecule has 0 bridgehead atoms. The molecule has 0 N–H and O–H groups in total. The molecule has 0 saturated heterocycles. The van der Waals surface area contributed by atoms with E-state index in [1.165, 1.54) is 23.1 Å². The quantitative estimate of drug-likeness (QED) is 0.685. The highest BCUT2D eigenvalue weighted by Gasteiger charge is 2.38. The van der Waals surface area contributed by atoms with Crippen molar-refractivity contribution in [2.45, 2.75) is 45.8 Å². The molecule has 29 heavy (non-hydrogen) atoms. The van der Waals surface area contributed by atoms with E-state index in [1.54, 1.807) is 51.1 Å². The molecular weight excluding hydrogens is 376 g/mol. The highest BCUT2D eigenvalue weighted by Crippen LogP contribution is 2.38. The Labute approximate surface area is 168 Å². The number of nitrogens with zero attached hydrogens (tertiary/aromatic N) is 1. The van der Waals surface area contributed by atoms with Crippen molar-refractivity contribution < 1.29 is 23.1 Å². The van der Waals surface area contributed by atoms with Gasteiger partial charge in [-0.3, -0.25) is 4.79 Å². The zero-order valence-electron chi connectivity index (χ0n) is 16.6. The van der Waals surface area contributed by atoms with E-state index in [9.17, 15) is 18.4 Å². The highest BCUT2D eigenvalue weighted by molar-refractivity contribution is 5.96. The molecule has 1 aliphatic heterocycles. The summed E-state index contributed by atoms with van der Waals surface area (Å²) in [5, 5.41) is 0. The van der Waals surface area contributed by atoms with Crippen molar-refractivity contribution in [2.24, 2.45) is 0 Å². The van der Waals surface area contributed by atoms with Crippen LogP contribution in [0, 0.1) is 11.6 Å². The fraction of sp³-hybridized carbons (Fsp3) is 0.304. The maximum absolute atomic E-state index is 14.5. The molecule has 2 aromatic rings. The molecule has 152 valence electrons. The second kappa shape index (κ2) is 8.55. The van der Waals surface area contributed by atoms with Gasteiger partial charge in [-0.1, -0.05) is 30.3 Å². The van der Waals surface area contributed by atoms with Gasteiger partial charge < -0.3 is 9.64 Å². The van der Waals surface area contributed by atoms with Gasteiger partial charge in [0.25, 0.3) is 0 Å². The van der Waals surface area contributed by atoms with Crippen LogP contribution < -0.4 is 0 Å². The molecule has 0 spiro atoms. The predicted molar refractivity (Wildman–Crippen MR) is 105 cm³/mol. The van der Waals surface area contributed by atoms with Crippen LogP contribution in [0.4, 0.5) is 8.78 Å². The fourth-order valence-corrected chi connectivity index (χ4v) is 3.54. The minimum Gasteiger partial charge on any atom is -0.460 e. The first-order chi connectivity index (χ1) is 13.8. The van der Waals surface area contributed by atoms with Gasteiger partial charge >= 0.3 is 5.97 Å². The Balaban J connectivity index is 2.04. The third-order valence-electron chi connectivity index (χ3n) is 4.92. The van der Waals surface area contributed by atoms with E-state index in [4.69, 9.17) is 4.74 Å². The van der Waals surface area contributed by atoms with E-state index in [0.717, 1.165) is 5.56 Å². The van der Waals surface area contributed by atoms with E-state index in [2.05, 4.69) is 0 Å². The molecular formula is C23H23F2NO3. The van der Waals surface area contributed by atoms with Gasteiger partial charge in [0, 0.05) is 18.0 Å². The zero-order valence-corrected chi connectivity index (χ0v) is 16.6. The first-order valence-electron chi connectivity index (χ1n) is 9.49. The van der Waals surface area contributed by atoms with Crippen molar-refractivity contribution in [1.82, 2.24) is 4.90 Å². The van der Waals surface area contributed by atoms with E-state index >= 15 is 0 Å². The first-order valence-corrected chi connectivity index (χ1v) is 9.49. The summed E-state index contributed by atoms with van der Waals surface area (Å²) in [6.45, 7) is 5.31. The molecule has 6 heteroatoms. The third-order valence-corrected chi connectivity index (χ3v) is 4.92. The number of amides is 1. The zero-order chi connectivity index (χ0) is 21.1. The Morgan fingerprint density at radius 2 is 1.79 bits per heavy atom. The number of rotatable bonds is 5. The van der Waals surface area contributed by atoms with Crippen molar-refractivity contribution in [3.63, 3.8) is 0 Å². The molecule has 1 aliphatic rings.